The van der Waals surface area contributed by atoms with Gasteiger partial charge in [-0.3, -0.25) is 4.79 Å². The molecule has 0 saturated carbocycles. The number of rotatable bonds is 5. The lowest BCUT2D eigenvalue weighted by Gasteiger charge is -2.29. The molecule has 1 aliphatic heterocycles. The van der Waals surface area contributed by atoms with Crippen molar-refractivity contribution in [1.82, 2.24) is 24.5 Å². The lowest BCUT2D eigenvalue weighted by molar-refractivity contribution is -0.131. The van der Waals surface area contributed by atoms with Gasteiger partial charge < -0.3 is 4.90 Å². The van der Waals surface area contributed by atoms with Crippen molar-refractivity contribution in [3.63, 3.8) is 0 Å². The van der Waals surface area contributed by atoms with Crippen molar-refractivity contribution in [1.29, 1.82) is 0 Å². The van der Waals surface area contributed by atoms with E-state index < -0.39 is 15.1 Å². The first kappa shape index (κ1) is 19.1. The monoisotopic (exact) mass is 397 g/mol. The molecule has 1 saturated heterocycles. The maximum absolute atomic E-state index is 12.8. The Kier molecular flexibility index (Phi) is 5.25. The molecule has 0 N–H and O–H groups in total. The highest BCUT2D eigenvalue weighted by Gasteiger charge is 2.35. The van der Waals surface area contributed by atoms with Crippen LogP contribution in [-0.2, 0) is 14.6 Å². The van der Waals surface area contributed by atoms with E-state index in [-0.39, 0.29) is 23.5 Å². The van der Waals surface area contributed by atoms with Gasteiger partial charge in [0.1, 0.15) is 0 Å². The fourth-order valence-corrected chi connectivity index (χ4v) is 5.80. The van der Waals surface area contributed by atoms with Crippen LogP contribution in [0.2, 0.25) is 0 Å². The van der Waals surface area contributed by atoms with E-state index in [1.807, 2.05) is 26.8 Å². The number of aromatic nitrogens is 4. The fourth-order valence-electron chi connectivity index (χ4n) is 3.26. The molecule has 142 valence electrons. The first-order valence-corrected chi connectivity index (χ1v) is 11.3. The summed E-state index contributed by atoms with van der Waals surface area (Å²) in [4.78, 5) is 23.3. The van der Waals surface area contributed by atoms with E-state index in [9.17, 15) is 13.2 Å². The number of aryl methyl sites for hydroxylation is 2. The molecule has 0 aromatic carbocycles. The number of carbonyl (C=O) groups excluding carboxylic acids is 1. The minimum Gasteiger partial charge on any atom is -0.338 e. The molecule has 2 atom stereocenters. The highest BCUT2D eigenvalue weighted by Crippen LogP contribution is 2.25. The van der Waals surface area contributed by atoms with Gasteiger partial charge in [-0.1, -0.05) is 11.8 Å². The number of hydrogen-bond acceptors (Lipinski definition) is 7. The zero-order chi connectivity index (χ0) is 19.1. The van der Waals surface area contributed by atoms with E-state index in [2.05, 4.69) is 15.1 Å². The number of thioether (sulfide) groups is 1. The van der Waals surface area contributed by atoms with Crippen LogP contribution in [0.25, 0.3) is 5.78 Å². The lowest BCUT2D eigenvalue weighted by atomic mass is 10.2. The molecule has 26 heavy (non-hydrogen) atoms. The Labute approximate surface area is 157 Å². The molecular weight excluding hydrogens is 374 g/mol. The van der Waals surface area contributed by atoms with Gasteiger partial charge in [-0.15, -0.1) is 5.10 Å². The summed E-state index contributed by atoms with van der Waals surface area (Å²) in [5.41, 5.74) is 1.79. The SMILES string of the molecule is CCN(C(=O)[C@@H](C)Sc1nc2nc(C)cc(C)n2n1)[C@H]1CCS(=O)(=O)C1. The smallest absolute Gasteiger partial charge is 0.253 e. The van der Waals surface area contributed by atoms with Gasteiger partial charge in [-0.2, -0.15) is 4.98 Å². The number of hydrogen-bond donors (Lipinski definition) is 0. The van der Waals surface area contributed by atoms with Gasteiger partial charge in [0.25, 0.3) is 5.78 Å². The van der Waals surface area contributed by atoms with Gasteiger partial charge in [0.05, 0.1) is 16.8 Å². The number of fused-ring (bicyclic) bond motifs is 1. The molecule has 1 amide bonds. The third kappa shape index (κ3) is 3.85. The van der Waals surface area contributed by atoms with E-state index in [0.717, 1.165) is 11.4 Å². The first-order valence-electron chi connectivity index (χ1n) is 8.58. The molecular formula is C16H23N5O3S2. The summed E-state index contributed by atoms with van der Waals surface area (Å²) in [5, 5.41) is 4.50. The third-order valence-corrected chi connectivity index (χ3v) is 7.19. The number of carbonyl (C=O) groups is 1. The minimum atomic E-state index is -3.03. The van der Waals surface area contributed by atoms with Crippen LogP contribution in [0.15, 0.2) is 11.2 Å². The molecule has 1 fully saturated rings. The standard InChI is InChI=1S/C16H23N5O3S2/c1-5-20(13-6-7-26(23,24)9-13)14(22)12(4)25-16-18-15-17-10(2)8-11(3)21(15)19-16/h8,12-13H,5-7,9H2,1-4H3/t12-,13+/m1/s1. The van der Waals surface area contributed by atoms with Crippen LogP contribution >= 0.6 is 11.8 Å². The van der Waals surface area contributed by atoms with Gasteiger partial charge in [-0.05, 0) is 40.2 Å². The summed E-state index contributed by atoms with van der Waals surface area (Å²) in [6.45, 7) is 7.99. The quantitative estimate of drug-likeness (QED) is 0.701. The average Bonchev–Trinajstić information content (AvgIpc) is 3.10. The molecule has 3 heterocycles. The summed E-state index contributed by atoms with van der Waals surface area (Å²) >= 11 is 1.27. The molecule has 0 aliphatic carbocycles. The van der Waals surface area contributed by atoms with Gasteiger partial charge in [0.2, 0.25) is 11.1 Å². The average molecular weight is 398 g/mol. The van der Waals surface area contributed by atoms with E-state index in [1.54, 1.807) is 16.3 Å². The van der Waals surface area contributed by atoms with Crippen molar-refractivity contribution in [2.24, 2.45) is 0 Å². The van der Waals surface area contributed by atoms with Gasteiger partial charge in [0.15, 0.2) is 9.84 Å². The Hall–Kier alpha value is -1.68. The van der Waals surface area contributed by atoms with Crippen LogP contribution < -0.4 is 0 Å². The molecule has 0 bridgehead atoms. The second-order valence-electron chi connectivity index (χ2n) is 6.59. The molecule has 1 aliphatic rings. The second-order valence-corrected chi connectivity index (χ2v) is 10.1. The molecule has 0 unspecified atom stereocenters. The van der Waals surface area contributed by atoms with Gasteiger partial charge in [0, 0.05) is 24.0 Å². The van der Waals surface area contributed by atoms with Crippen LogP contribution in [0.1, 0.15) is 31.7 Å². The maximum Gasteiger partial charge on any atom is 0.253 e. The highest BCUT2D eigenvalue weighted by atomic mass is 32.2. The molecule has 10 heteroatoms. The van der Waals surface area contributed by atoms with Gasteiger partial charge in [-0.25, -0.2) is 17.9 Å². The number of nitrogens with zero attached hydrogens (tertiary/aromatic N) is 5. The van der Waals surface area contributed by atoms with Crippen molar-refractivity contribution in [2.75, 3.05) is 18.1 Å². The van der Waals surface area contributed by atoms with Crippen molar-refractivity contribution < 1.29 is 13.2 Å². The fraction of sp³-hybridized carbons (Fsp3) is 0.625. The predicted molar refractivity (Wildman–Crippen MR) is 100 cm³/mol. The zero-order valence-electron chi connectivity index (χ0n) is 15.3. The Morgan fingerprint density at radius 3 is 2.77 bits per heavy atom. The number of amides is 1. The van der Waals surface area contributed by atoms with Crippen LogP contribution in [-0.4, -0.2) is 68.1 Å². The summed E-state index contributed by atoms with van der Waals surface area (Å²) in [6.07, 6.45) is 0.508. The van der Waals surface area contributed by atoms with Crippen molar-refractivity contribution in [3.8, 4) is 0 Å². The van der Waals surface area contributed by atoms with E-state index in [0.29, 0.717) is 23.9 Å². The topological polar surface area (TPSA) is 97.5 Å². The number of sulfone groups is 1. The molecule has 2 aromatic rings. The van der Waals surface area contributed by atoms with Gasteiger partial charge >= 0.3 is 0 Å². The van der Waals surface area contributed by atoms with Crippen molar-refractivity contribution in [3.05, 3.63) is 17.5 Å². The van der Waals surface area contributed by atoms with E-state index in [4.69, 9.17) is 0 Å². The Bertz CT molecular complexity index is 941. The van der Waals surface area contributed by atoms with Crippen LogP contribution in [0.4, 0.5) is 0 Å². The maximum atomic E-state index is 12.8. The summed E-state index contributed by atoms with van der Waals surface area (Å²) in [5.74, 6) is 0.637. The van der Waals surface area contributed by atoms with Crippen molar-refractivity contribution in [2.45, 2.75) is 50.6 Å². The third-order valence-electron chi connectivity index (χ3n) is 4.50. The Balaban J connectivity index is 1.75. The molecule has 3 rings (SSSR count). The van der Waals surface area contributed by atoms with Crippen LogP contribution in [0, 0.1) is 13.8 Å². The summed E-state index contributed by atoms with van der Waals surface area (Å²) < 4.78 is 25.1. The van der Waals surface area contributed by atoms with E-state index in [1.165, 1.54) is 11.8 Å². The van der Waals surface area contributed by atoms with Crippen LogP contribution in [0.5, 0.6) is 0 Å². The Morgan fingerprint density at radius 1 is 1.42 bits per heavy atom. The highest BCUT2D eigenvalue weighted by molar-refractivity contribution is 8.00. The predicted octanol–water partition coefficient (Wildman–Crippen LogP) is 1.26. The Morgan fingerprint density at radius 2 is 2.15 bits per heavy atom. The normalized spacial score (nSPS) is 20.4. The second kappa shape index (κ2) is 7.15. The van der Waals surface area contributed by atoms with Crippen LogP contribution in [0.3, 0.4) is 0 Å². The molecule has 0 spiro atoms. The molecule has 8 nitrogen and oxygen atoms in total. The first-order chi connectivity index (χ1) is 12.2. The van der Waals surface area contributed by atoms with Crippen molar-refractivity contribution >= 4 is 33.3 Å². The lowest BCUT2D eigenvalue weighted by Crippen LogP contribution is -2.44. The summed E-state index contributed by atoms with van der Waals surface area (Å²) in [6, 6.07) is 1.69. The van der Waals surface area contributed by atoms with E-state index >= 15 is 0 Å². The molecule has 0 radical (unpaired) electrons. The molecule has 2 aromatic heterocycles. The zero-order valence-corrected chi connectivity index (χ0v) is 17.0. The minimum absolute atomic E-state index is 0.0545. The summed E-state index contributed by atoms with van der Waals surface area (Å²) in [7, 11) is -3.03. The largest absolute Gasteiger partial charge is 0.338 e.